The predicted molar refractivity (Wildman–Crippen MR) is 105 cm³/mol. The van der Waals surface area contributed by atoms with Crippen molar-refractivity contribution in [2.45, 2.75) is 23.4 Å². The van der Waals surface area contributed by atoms with Crippen molar-refractivity contribution in [3.8, 4) is 0 Å². The van der Waals surface area contributed by atoms with Gasteiger partial charge in [-0.2, -0.15) is 4.31 Å². The highest BCUT2D eigenvalue weighted by Crippen LogP contribution is 2.50. The van der Waals surface area contributed by atoms with Crippen molar-refractivity contribution in [1.29, 1.82) is 0 Å². The predicted octanol–water partition coefficient (Wildman–Crippen LogP) is 3.15. The Kier molecular flexibility index (Phi) is 4.78. The van der Waals surface area contributed by atoms with E-state index < -0.39 is 15.8 Å². The van der Waals surface area contributed by atoms with E-state index in [0.29, 0.717) is 13.0 Å². The second-order valence-corrected chi connectivity index (χ2v) is 9.84. The van der Waals surface area contributed by atoms with Crippen molar-refractivity contribution >= 4 is 31.6 Å². The fraction of sp³-hybridized carbons (Fsp3) is 0.368. The highest BCUT2D eigenvalue weighted by atomic mass is 79.9. The Morgan fingerprint density at radius 1 is 1.22 bits per heavy atom. The SMILES string of the molecule is CN1c2ccc(Br)cc2[C@H]2[C@H](CCN2S(=O)(=O)c2ccc(F)cc2)[C@H]1CO. The van der Waals surface area contributed by atoms with Crippen molar-refractivity contribution in [3.05, 3.63) is 58.3 Å². The minimum atomic E-state index is -3.78. The third-order valence-electron chi connectivity index (χ3n) is 5.69. The van der Waals surface area contributed by atoms with Crippen LogP contribution in [-0.4, -0.2) is 44.1 Å². The molecule has 8 heteroatoms. The average Bonchev–Trinajstić information content (AvgIpc) is 3.08. The number of aliphatic hydroxyl groups excluding tert-OH is 1. The summed E-state index contributed by atoms with van der Waals surface area (Å²) < 4.78 is 42.2. The van der Waals surface area contributed by atoms with Crippen LogP contribution in [0, 0.1) is 11.7 Å². The first-order chi connectivity index (χ1) is 12.8. The smallest absolute Gasteiger partial charge is 0.243 e. The van der Waals surface area contributed by atoms with Crippen LogP contribution in [0.5, 0.6) is 0 Å². The van der Waals surface area contributed by atoms with E-state index in [9.17, 15) is 17.9 Å². The van der Waals surface area contributed by atoms with Crippen molar-refractivity contribution in [1.82, 2.24) is 4.31 Å². The van der Waals surface area contributed by atoms with E-state index in [4.69, 9.17) is 0 Å². The van der Waals surface area contributed by atoms with Gasteiger partial charge < -0.3 is 10.0 Å². The zero-order valence-electron chi connectivity index (χ0n) is 14.7. The maximum absolute atomic E-state index is 13.3. The molecule has 0 radical (unpaired) electrons. The summed E-state index contributed by atoms with van der Waals surface area (Å²) in [6, 6.07) is 10.2. The quantitative estimate of drug-likeness (QED) is 0.773. The summed E-state index contributed by atoms with van der Waals surface area (Å²) in [7, 11) is -1.85. The fourth-order valence-corrected chi connectivity index (χ4v) is 6.44. The Hall–Kier alpha value is -1.48. The highest BCUT2D eigenvalue weighted by Gasteiger charge is 2.50. The van der Waals surface area contributed by atoms with E-state index in [-0.39, 0.29) is 29.5 Å². The van der Waals surface area contributed by atoms with Crippen molar-refractivity contribution in [2.24, 2.45) is 5.92 Å². The third-order valence-corrected chi connectivity index (χ3v) is 8.07. The number of sulfonamides is 1. The average molecular weight is 455 g/mol. The molecule has 5 nitrogen and oxygen atoms in total. The number of fused-ring (bicyclic) bond motifs is 3. The molecule has 4 rings (SSSR count). The lowest BCUT2D eigenvalue weighted by molar-refractivity contribution is 0.193. The number of aliphatic hydroxyl groups is 1. The van der Waals surface area contributed by atoms with E-state index in [1.807, 2.05) is 30.1 Å². The van der Waals surface area contributed by atoms with E-state index in [1.165, 1.54) is 16.4 Å². The van der Waals surface area contributed by atoms with Gasteiger partial charge in [0, 0.05) is 29.7 Å². The van der Waals surface area contributed by atoms with Crippen molar-refractivity contribution < 1.29 is 17.9 Å². The number of likely N-dealkylation sites (N-methyl/N-ethyl adjacent to an activating group) is 1. The first-order valence-electron chi connectivity index (χ1n) is 8.75. The lowest BCUT2D eigenvalue weighted by Crippen LogP contribution is -2.48. The standard InChI is InChI=1S/C19H20BrFN2O3S/c1-22-17-7-2-12(20)10-16(17)19-15(18(22)11-24)8-9-23(19)27(25,26)14-5-3-13(21)4-6-14/h2-7,10,15,18-19,24H,8-9,11H2,1H3/t15-,18-,19-/m1/s1. The molecule has 0 bridgehead atoms. The molecule has 1 N–H and O–H groups in total. The van der Waals surface area contributed by atoms with E-state index in [1.54, 1.807) is 0 Å². The van der Waals surface area contributed by atoms with Crippen LogP contribution in [0.2, 0.25) is 0 Å². The second kappa shape index (κ2) is 6.84. The minimum absolute atomic E-state index is 0.0166. The van der Waals surface area contributed by atoms with E-state index in [2.05, 4.69) is 15.9 Å². The van der Waals surface area contributed by atoms with E-state index in [0.717, 1.165) is 27.9 Å². The monoisotopic (exact) mass is 454 g/mol. The summed E-state index contributed by atoms with van der Waals surface area (Å²) in [6.45, 7) is 0.322. The lowest BCUT2D eigenvalue weighted by atomic mass is 9.82. The molecule has 2 heterocycles. The molecule has 0 unspecified atom stereocenters. The molecule has 2 aliphatic heterocycles. The molecule has 0 amide bonds. The Bertz CT molecular complexity index is 967. The van der Waals surface area contributed by atoms with Crippen LogP contribution in [0.25, 0.3) is 0 Å². The molecule has 3 atom stereocenters. The molecular weight excluding hydrogens is 435 g/mol. The molecule has 27 heavy (non-hydrogen) atoms. The molecule has 0 saturated carbocycles. The zero-order valence-corrected chi connectivity index (χ0v) is 17.1. The van der Waals surface area contributed by atoms with Crippen LogP contribution in [-0.2, 0) is 10.0 Å². The summed E-state index contributed by atoms with van der Waals surface area (Å²) in [5.74, 6) is -0.487. The van der Waals surface area contributed by atoms with Gasteiger partial charge in [0.2, 0.25) is 10.0 Å². The molecule has 0 aromatic heterocycles. The van der Waals surface area contributed by atoms with Gasteiger partial charge in [0.25, 0.3) is 0 Å². The summed E-state index contributed by atoms with van der Waals surface area (Å²) in [6.07, 6.45) is 0.659. The van der Waals surface area contributed by atoms with Crippen LogP contribution in [0.15, 0.2) is 51.8 Å². The molecule has 0 aliphatic carbocycles. The van der Waals surface area contributed by atoms with Gasteiger partial charge in [-0.05, 0) is 54.4 Å². The van der Waals surface area contributed by atoms with Crippen LogP contribution in [0.1, 0.15) is 18.0 Å². The van der Waals surface area contributed by atoms with Crippen molar-refractivity contribution in [2.75, 3.05) is 25.1 Å². The summed E-state index contributed by atoms with van der Waals surface area (Å²) in [5, 5.41) is 9.96. The molecule has 2 aliphatic rings. The zero-order chi connectivity index (χ0) is 19.3. The first kappa shape index (κ1) is 18.9. The number of halogens is 2. The number of benzene rings is 2. The topological polar surface area (TPSA) is 60.9 Å². The normalized spacial score (nSPS) is 25.3. The van der Waals surface area contributed by atoms with Crippen LogP contribution >= 0.6 is 15.9 Å². The number of anilines is 1. The summed E-state index contributed by atoms with van der Waals surface area (Å²) in [5.41, 5.74) is 1.84. The lowest BCUT2D eigenvalue weighted by Gasteiger charge is -2.44. The highest BCUT2D eigenvalue weighted by molar-refractivity contribution is 9.10. The largest absolute Gasteiger partial charge is 0.394 e. The van der Waals surface area contributed by atoms with Gasteiger partial charge in [-0.15, -0.1) is 0 Å². The number of nitrogens with zero attached hydrogens (tertiary/aromatic N) is 2. The third kappa shape index (κ3) is 2.99. The Labute approximate surface area is 166 Å². The van der Waals surface area contributed by atoms with Crippen LogP contribution < -0.4 is 4.90 Å². The molecule has 2 aromatic carbocycles. The van der Waals surface area contributed by atoms with Gasteiger partial charge >= 0.3 is 0 Å². The first-order valence-corrected chi connectivity index (χ1v) is 11.0. The molecule has 2 aromatic rings. The second-order valence-electron chi connectivity index (χ2n) is 7.03. The molecule has 144 valence electrons. The van der Waals surface area contributed by atoms with Gasteiger partial charge in [0.1, 0.15) is 5.82 Å². The van der Waals surface area contributed by atoms with Gasteiger partial charge in [-0.3, -0.25) is 0 Å². The number of rotatable bonds is 3. The van der Waals surface area contributed by atoms with Crippen molar-refractivity contribution in [3.63, 3.8) is 0 Å². The Balaban J connectivity index is 1.83. The van der Waals surface area contributed by atoms with Gasteiger partial charge in [0.05, 0.1) is 23.6 Å². The van der Waals surface area contributed by atoms with Gasteiger partial charge in [-0.25, -0.2) is 12.8 Å². The minimum Gasteiger partial charge on any atom is -0.394 e. The number of hydrogen-bond acceptors (Lipinski definition) is 4. The van der Waals surface area contributed by atoms with E-state index >= 15 is 0 Å². The van der Waals surface area contributed by atoms with Crippen LogP contribution in [0.3, 0.4) is 0 Å². The van der Waals surface area contributed by atoms with Crippen LogP contribution in [0.4, 0.5) is 10.1 Å². The number of hydrogen-bond donors (Lipinski definition) is 1. The van der Waals surface area contributed by atoms with Gasteiger partial charge in [-0.1, -0.05) is 15.9 Å². The molecular formula is C19H20BrFN2O3S. The Morgan fingerprint density at radius 2 is 1.93 bits per heavy atom. The summed E-state index contributed by atoms with van der Waals surface area (Å²) >= 11 is 3.49. The fourth-order valence-electron chi connectivity index (χ4n) is 4.39. The molecule has 0 spiro atoms. The maximum atomic E-state index is 13.3. The molecule has 1 fully saturated rings. The maximum Gasteiger partial charge on any atom is 0.243 e. The van der Waals surface area contributed by atoms with Gasteiger partial charge in [0.15, 0.2) is 0 Å². The summed E-state index contributed by atoms with van der Waals surface area (Å²) in [4.78, 5) is 2.12. The molecule has 1 saturated heterocycles. The Morgan fingerprint density at radius 3 is 2.59 bits per heavy atom.